The largest absolute Gasteiger partial charge is 0.496 e. The molecule has 4 nitrogen and oxygen atoms in total. The number of rotatable bonds is 11. The van der Waals surface area contributed by atoms with E-state index in [1.807, 2.05) is 123 Å². The maximum absolute atomic E-state index is 13.1. The molecule has 4 rings (SSSR count). The lowest BCUT2D eigenvalue weighted by atomic mass is 10.1. The zero-order valence-corrected chi connectivity index (χ0v) is 33.9. The second-order valence-corrected chi connectivity index (χ2v) is 12.7. The van der Waals surface area contributed by atoms with Crippen molar-refractivity contribution in [2.45, 2.75) is 62.3 Å². The maximum Gasteiger partial charge on any atom is 0.255 e. The summed E-state index contributed by atoms with van der Waals surface area (Å²) in [5.74, 6) is 0.579. The van der Waals surface area contributed by atoms with Gasteiger partial charge in [0.15, 0.2) is 0 Å². The zero-order chi connectivity index (χ0) is 37.8. The van der Waals surface area contributed by atoms with E-state index in [4.69, 9.17) is 17.4 Å². The van der Waals surface area contributed by atoms with Gasteiger partial charge in [0.1, 0.15) is 5.75 Å². The fourth-order valence-electron chi connectivity index (χ4n) is 4.59. The highest BCUT2D eigenvalue weighted by Gasteiger charge is 2.14. The summed E-state index contributed by atoms with van der Waals surface area (Å²) in [6, 6.07) is 21.7. The van der Waals surface area contributed by atoms with Gasteiger partial charge < -0.3 is 15.4 Å². The molecule has 4 aromatic rings. The summed E-state index contributed by atoms with van der Waals surface area (Å²) >= 11 is 7.88. The van der Waals surface area contributed by atoms with Crippen LogP contribution in [0.2, 0.25) is 0 Å². The first-order valence-electron chi connectivity index (χ1n) is 16.9. The summed E-state index contributed by atoms with van der Waals surface area (Å²) in [6.45, 7) is 30.1. The first-order chi connectivity index (χ1) is 24.1. The Labute approximate surface area is 314 Å². The Kier molecular flexibility index (Phi) is 20.4. The molecule has 0 aliphatic heterocycles. The minimum Gasteiger partial charge on any atom is -0.496 e. The summed E-state index contributed by atoms with van der Waals surface area (Å²) in [7, 11) is 1.65. The van der Waals surface area contributed by atoms with Gasteiger partial charge in [0.2, 0.25) is 0 Å². The highest BCUT2D eigenvalue weighted by Crippen LogP contribution is 2.42. The molecule has 266 valence electrons. The normalized spacial score (nSPS) is 11.3. The van der Waals surface area contributed by atoms with Crippen LogP contribution in [0.3, 0.4) is 0 Å². The van der Waals surface area contributed by atoms with Gasteiger partial charge in [-0.05, 0) is 88.5 Å². The smallest absolute Gasteiger partial charge is 0.255 e. The summed E-state index contributed by atoms with van der Waals surface area (Å²) in [5.41, 5.74) is 6.26. The van der Waals surface area contributed by atoms with Crippen molar-refractivity contribution in [3.05, 3.63) is 133 Å². The van der Waals surface area contributed by atoms with Crippen molar-refractivity contribution >= 4 is 76.6 Å². The van der Waals surface area contributed by atoms with E-state index in [1.165, 1.54) is 11.8 Å². The van der Waals surface area contributed by atoms with E-state index in [-0.39, 0.29) is 5.91 Å². The van der Waals surface area contributed by atoms with Gasteiger partial charge >= 0.3 is 0 Å². The van der Waals surface area contributed by atoms with Crippen LogP contribution in [0, 0.1) is 6.92 Å². The first kappa shape index (κ1) is 43.9. The van der Waals surface area contributed by atoms with E-state index >= 15 is 0 Å². The molecule has 0 unspecified atom stereocenters. The van der Waals surface area contributed by atoms with E-state index in [0.717, 1.165) is 69.5 Å². The molecule has 0 bridgehead atoms. The molecule has 7 heteroatoms. The van der Waals surface area contributed by atoms with Gasteiger partial charge in [0, 0.05) is 38.4 Å². The number of aryl methyl sites for hydroxylation is 1. The van der Waals surface area contributed by atoms with Crippen molar-refractivity contribution in [1.29, 1.82) is 0 Å². The van der Waals surface area contributed by atoms with E-state index in [2.05, 4.69) is 47.9 Å². The van der Waals surface area contributed by atoms with Crippen LogP contribution < -0.4 is 25.8 Å². The third-order valence-corrected chi connectivity index (χ3v) is 9.36. The Balaban J connectivity index is 0.00000197. The van der Waals surface area contributed by atoms with Gasteiger partial charge in [-0.2, -0.15) is 0 Å². The number of hydrogen-bond acceptors (Lipinski definition) is 6. The maximum atomic E-state index is 13.1. The van der Waals surface area contributed by atoms with Crippen molar-refractivity contribution in [2.75, 3.05) is 17.7 Å². The summed E-state index contributed by atoms with van der Waals surface area (Å²) in [6.07, 6.45) is 5.46. The second-order valence-electron chi connectivity index (χ2n) is 10.00. The van der Waals surface area contributed by atoms with E-state index in [9.17, 15) is 4.79 Å². The molecule has 1 amide bonds. The molecule has 0 aliphatic carbocycles. The number of thiophene rings is 1. The lowest BCUT2D eigenvalue weighted by molar-refractivity contribution is -0.112. The monoisotopic (exact) mass is 726 g/mol. The third kappa shape index (κ3) is 12.6. The van der Waals surface area contributed by atoms with E-state index in [0.29, 0.717) is 5.57 Å². The zero-order valence-electron chi connectivity index (χ0n) is 31.4. The topological polar surface area (TPSA) is 50.4 Å². The molecular weight excluding hydrogens is 673 g/mol. The molecule has 50 heavy (non-hydrogen) atoms. The average molecular weight is 727 g/mol. The number of amides is 1. The number of methoxy groups -OCH3 is 1. The second kappa shape index (κ2) is 23.3. The van der Waals surface area contributed by atoms with E-state index < -0.39 is 0 Å². The van der Waals surface area contributed by atoms with Crippen molar-refractivity contribution in [1.82, 2.24) is 0 Å². The third-order valence-electron chi connectivity index (χ3n) is 6.83. The van der Waals surface area contributed by atoms with Crippen LogP contribution in [0.1, 0.15) is 71.4 Å². The average Bonchev–Trinajstić information content (AvgIpc) is 3.62. The number of hydrogen-bond donors (Lipinski definition) is 3. The van der Waals surface area contributed by atoms with E-state index in [1.54, 1.807) is 30.6 Å². The van der Waals surface area contributed by atoms with Crippen molar-refractivity contribution in [3.63, 3.8) is 0 Å². The minimum atomic E-state index is -0.177. The molecule has 0 saturated carbocycles. The highest BCUT2D eigenvalue weighted by molar-refractivity contribution is 8.12. The van der Waals surface area contributed by atoms with Gasteiger partial charge in [-0.1, -0.05) is 122 Å². The number of anilines is 2. The molecule has 2 N–H and O–H groups in total. The van der Waals surface area contributed by atoms with Crippen molar-refractivity contribution in [3.8, 4) is 16.9 Å². The predicted octanol–water partition coefficient (Wildman–Crippen LogP) is 12.2. The molecule has 0 spiro atoms. The quantitative estimate of drug-likeness (QED) is 0.106. The molecule has 0 fully saturated rings. The van der Waals surface area contributed by atoms with Crippen LogP contribution in [0.4, 0.5) is 11.4 Å². The number of allylic oxidation sites excluding steroid dienone is 2. The Morgan fingerprint density at radius 1 is 0.920 bits per heavy atom. The van der Waals surface area contributed by atoms with Crippen LogP contribution in [-0.4, -0.2) is 13.0 Å². The lowest BCUT2D eigenvalue weighted by Gasteiger charge is -2.15. The summed E-state index contributed by atoms with van der Waals surface area (Å²) < 4.78 is 5.55. The van der Waals surface area contributed by atoms with Crippen LogP contribution in [-0.2, 0) is 4.79 Å². The number of carbonyl (C=O) groups is 1. The molecule has 1 aromatic heterocycles. The van der Waals surface area contributed by atoms with Crippen molar-refractivity contribution < 1.29 is 9.53 Å². The number of ether oxygens (including phenoxy) is 1. The Morgan fingerprint density at radius 2 is 1.60 bits per heavy atom. The van der Waals surface area contributed by atoms with Gasteiger partial charge in [0.05, 0.1) is 12.1 Å². The molecule has 0 atom stereocenters. The molecule has 0 saturated heterocycles. The fraction of sp³-hybridized carbons (Fsp3) is 0.233. The number of benzene rings is 3. The number of thioether (sulfide) groups is 1. The van der Waals surface area contributed by atoms with Gasteiger partial charge in [-0.25, -0.2) is 0 Å². The van der Waals surface area contributed by atoms with Crippen LogP contribution in [0.15, 0.2) is 107 Å². The summed E-state index contributed by atoms with van der Waals surface area (Å²) in [5, 5.41) is 11.1. The van der Waals surface area contributed by atoms with Crippen LogP contribution in [0.5, 0.6) is 5.75 Å². The van der Waals surface area contributed by atoms with Gasteiger partial charge in [0.25, 0.3) is 5.91 Å². The Morgan fingerprint density at radius 3 is 2.20 bits per heavy atom. The standard InChI is InChI=1S/C37H36N2O2S3.3C2H6/c1-8-27(18-28-14-11-10-13-23(28)3)37(40)39-31-16-12-15-29(19-31)30-20-35(43-22-30)36(25(5)42)44-26(6)38-32-17-24(4)33(9-2)34(21-32)41-7;3*1-2/h8-22,38,42H,2-3,6H2,1,4-5,7H3,(H,39,40);3*1-2H3/b27-8+,28-18-,36-25+;;;. The van der Waals surface area contributed by atoms with Crippen LogP contribution >= 0.6 is 35.7 Å². The number of thiol groups is 1. The first-order valence-corrected chi connectivity index (χ1v) is 19.0. The molecular formula is C43H54N2O2S3. The van der Waals surface area contributed by atoms with Gasteiger partial charge in [-0.15, -0.1) is 24.0 Å². The van der Waals surface area contributed by atoms with Crippen molar-refractivity contribution in [2.24, 2.45) is 0 Å². The Hall–Kier alpha value is -4.17. The van der Waals surface area contributed by atoms with Crippen LogP contribution in [0.25, 0.3) is 34.8 Å². The SMILES string of the molecule is C=Cc1c(C)cc(NC(=C)S/C(=C(\C)S)c2cc(-c3cccc(NC(=O)C(/C=c4/ccccc4=C)=C/C)c3)cs2)cc1OC.CC.CC.CC. The summed E-state index contributed by atoms with van der Waals surface area (Å²) in [4.78, 5) is 16.1. The molecule has 3 aromatic carbocycles. The Bertz CT molecular complexity index is 1900. The molecule has 1 heterocycles. The fourth-order valence-corrected chi connectivity index (χ4v) is 6.83. The predicted molar refractivity (Wildman–Crippen MR) is 232 cm³/mol. The van der Waals surface area contributed by atoms with Gasteiger partial charge in [-0.3, -0.25) is 4.79 Å². The lowest BCUT2D eigenvalue weighted by Crippen LogP contribution is -2.24. The number of nitrogens with one attached hydrogen (secondary N) is 2. The molecule has 0 aliphatic rings. The number of carbonyl (C=O) groups excluding carboxylic acids is 1. The molecule has 0 radical (unpaired) electrons. The highest BCUT2D eigenvalue weighted by atomic mass is 32.2. The minimum absolute atomic E-state index is 0.177.